The van der Waals surface area contributed by atoms with Crippen molar-refractivity contribution in [2.24, 2.45) is 0 Å². The molecule has 0 amide bonds. The van der Waals surface area contributed by atoms with E-state index >= 15 is 0 Å². The van der Waals surface area contributed by atoms with E-state index in [1.165, 1.54) is 43.5 Å². The lowest BCUT2D eigenvalue weighted by atomic mass is 9.88. The minimum absolute atomic E-state index is 0.0292. The largest absolute Gasteiger partial charge is 0.466 e. The molecule has 0 spiro atoms. The number of allylic oxidation sites excluding steroid dienone is 2. The molecule has 0 aliphatic carbocycles. The lowest BCUT2D eigenvalue weighted by molar-refractivity contribution is -0.384. The molecule has 11 heteroatoms. The number of para-hydroxylation sites is 1. The van der Waals surface area contributed by atoms with E-state index in [1.807, 2.05) is 6.92 Å². The van der Waals surface area contributed by atoms with Crippen LogP contribution in [0.15, 0.2) is 101 Å². The summed E-state index contributed by atoms with van der Waals surface area (Å²) >= 11 is 0. The molecular weight excluding hydrogens is 608 g/mol. The van der Waals surface area contributed by atoms with Gasteiger partial charge in [-0.15, -0.1) is 0 Å². The summed E-state index contributed by atoms with van der Waals surface area (Å²) < 4.78 is 38.0. The maximum Gasteiger partial charge on any atom is 0.336 e. The highest BCUT2D eigenvalue weighted by molar-refractivity contribution is 5.96. The van der Waals surface area contributed by atoms with Gasteiger partial charge >= 0.3 is 11.9 Å². The van der Waals surface area contributed by atoms with E-state index in [-0.39, 0.29) is 29.7 Å². The molecule has 47 heavy (non-hydrogen) atoms. The molecule has 0 bridgehead atoms. The first-order chi connectivity index (χ1) is 22.4. The van der Waals surface area contributed by atoms with Gasteiger partial charge in [0, 0.05) is 55.4 Å². The fraction of sp³-hybridized carbons (Fsp3) is 0.333. The number of nitrogens with one attached hydrogen (secondary N) is 1. The summed E-state index contributed by atoms with van der Waals surface area (Å²) in [4.78, 5) is 37.1. The molecule has 1 atom stereocenters. The number of non-ortho nitro benzene ring substituents is 1. The Morgan fingerprint density at radius 3 is 1.94 bits per heavy atom. The summed E-state index contributed by atoms with van der Waals surface area (Å²) in [6.45, 7) is 7.55. The van der Waals surface area contributed by atoms with Crippen molar-refractivity contribution < 1.29 is 32.8 Å². The number of likely N-dealkylation sites (tertiary alicyclic amines) is 1. The first-order valence-electron chi connectivity index (χ1n) is 15.3. The van der Waals surface area contributed by atoms with Crippen LogP contribution in [0.1, 0.15) is 57.1 Å². The maximum absolute atomic E-state index is 13.6. The number of benzene rings is 3. The van der Waals surface area contributed by atoms with Crippen LogP contribution in [0.5, 0.6) is 0 Å². The van der Waals surface area contributed by atoms with E-state index in [0.717, 1.165) is 30.6 Å². The maximum atomic E-state index is 13.6. The van der Waals surface area contributed by atoms with Gasteiger partial charge in [-0.3, -0.25) is 15.0 Å². The summed E-state index contributed by atoms with van der Waals surface area (Å²) in [7, 11) is 1.32. The number of methoxy groups -OCH3 is 1. The molecule has 5 rings (SSSR count). The monoisotopic (exact) mass is 647 g/mol. The van der Waals surface area contributed by atoms with E-state index in [2.05, 4.69) is 10.2 Å². The quantitative estimate of drug-likeness (QED) is 0.153. The molecule has 2 aliphatic heterocycles. The van der Waals surface area contributed by atoms with E-state index in [4.69, 9.17) is 9.47 Å². The Morgan fingerprint density at radius 1 is 0.915 bits per heavy atom. The smallest absolute Gasteiger partial charge is 0.336 e. The molecule has 0 unspecified atom stereocenters. The zero-order valence-electron chi connectivity index (χ0n) is 26.9. The highest BCUT2D eigenvalue weighted by Crippen LogP contribution is 2.33. The van der Waals surface area contributed by atoms with Gasteiger partial charge in [0.25, 0.3) is 5.69 Å². The van der Waals surface area contributed by atoms with Crippen molar-refractivity contribution in [1.29, 1.82) is 0 Å². The van der Waals surface area contributed by atoms with Crippen LogP contribution in [-0.2, 0) is 19.1 Å². The predicted octanol–water partition coefficient (Wildman–Crippen LogP) is 6.80. The number of nitro groups is 1. The van der Waals surface area contributed by atoms with Gasteiger partial charge in [-0.05, 0) is 69.1 Å². The number of nitrogens with zero attached hydrogens (tertiary/aromatic N) is 2. The first-order valence-corrected chi connectivity index (χ1v) is 15.3. The minimum atomic E-state index is -0.673. The number of rotatable bonds is 9. The fourth-order valence-electron chi connectivity index (χ4n) is 5.81. The van der Waals surface area contributed by atoms with Gasteiger partial charge in [-0.2, -0.15) is 0 Å². The molecule has 1 saturated heterocycles. The zero-order chi connectivity index (χ0) is 34.1. The molecule has 0 radical (unpaired) electrons. The number of esters is 2. The fourth-order valence-corrected chi connectivity index (χ4v) is 5.81. The van der Waals surface area contributed by atoms with Crippen LogP contribution >= 0.6 is 0 Å². The third kappa shape index (κ3) is 9.32. The topological polar surface area (TPSA) is 111 Å². The highest BCUT2D eigenvalue weighted by Gasteiger charge is 2.39. The molecule has 9 nitrogen and oxygen atoms in total. The summed E-state index contributed by atoms with van der Waals surface area (Å²) in [6.07, 6.45) is 1.57. The molecule has 3 aromatic rings. The Bertz CT molecular complexity index is 1600. The Balaban J connectivity index is 0.000000479. The predicted molar refractivity (Wildman–Crippen MR) is 173 cm³/mol. The number of ether oxygens (including phenoxy) is 2. The third-order valence-corrected chi connectivity index (χ3v) is 8.41. The third-order valence-electron chi connectivity index (χ3n) is 8.41. The highest BCUT2D eigenvalue weighted by atomic mass is 19.1. The number of carbonyl (C=O) groups is 2. The second-order valence-electron chi connectivity index (χ2n) is 11.9. The van der Waals surface area contributed by atoms with Crippen LogP contribution in [0.3, 0.4) is 0 Å². The van der Waals surface area contributed by atoms with E-state index in [9.17, 15) is 28.5 Å². The molecular formula is C36H39F2N3O6. The number of dihydropyridines is 1. The van der Waals surface area contributed by atoms with Crippen molar-refractivity contribution >= 4 is 17.6 Å². The van der Waals surface area contributed by atoms with Crippen molar-refractivity contribution in [3.8, 4) is 0 Å². The van der Waals surface area contributed by atoms with Gasteiger partial charge in [0.1, 0.15) is 17.2 Å². The molecule has 2 heterocycles. The lowest BCUT2D eigenvalue weighted by Crippen LogP contribution is -2.37. The second kappa shape index (κ2) is 15.6. The van der Waals surface area contributed by atoms with E-state index in [1.54, 1.807) is 56.3 Å². The first kappa shape index (κ1) is 35.0. The van der Waals surface area contributed by atoms with Crippen molar-refractivity contribution in [3.63, 3.8) is 0 Å². The van der Waals surface area contributed by atoms with Crippen LogP contribution in [0, 0.1) is 21.7 Å². The molecule has 1 fully saturated rings. The summed E-state index contributed by atoms with van der Waals surface area (Å²) in [5.41, 5.74) is 3.55. The number of hydrogen-bond donors (Lipinski definition) is 1. The van der Waals surface area contributed by atoms with Crippen molar-refractivity contribution in [1.82, 2.24) is 10.2 Å². The van der Waals surface area contributed by atoms with Crippen LogP contribution in [0.4, 0.5) is 14.5 Å². The molecule has 1 N–H and O–H groups in total. The van der Waals surface area contributed by atoms with Gasteiger partial charge in [0.05, 0.1) is 23.2 Å². The van der Waals surface area contributed by atoms with Gasteiger partial charge in [0.15, 0.2) is 0 Å². The molecule has 0 aromatic heterocycles. The van der Waals surface area contributed by atoms with Gasteiger partial charge in [-0.25, -0.2) is 18.4 Å². The molecule has 0 saturated carbocycles. The van der Waals surface area contributed by atoms with Gasteiger partial charge in [0.2, 0.25) is 0 Å². The van der Waals surface area contributed by atoms with E-state index in [0.29, 0.717) is 35.5 Å². The summed E-state index contributed by atoms with van der Waals surface area (Å²) in [6, 6.07) is 20.8. The van der Waals surface area contributed by atoms with Gasteiger partial charge in [-0.1, -0.05) is 42.5 Å². The second-order valence-corrected chi connectivity index (χ2v) is 11.9. The minimum Gasteiger partial charge on any atom is -0.466 e. The van der Waals surface area contributed by atoms with Crippen molar-refractivity contribution in [2.45, 2.75) is 51.6 Å². The number of hydrogen-bond acceptors (Lipinski definition) is 8. The standard InChI is InChI=1S/C30H34F2N2O4.C6H5NO2/c1-19-26(28(35)37-4)17-27(20(2)33-19)29(36)38-30(3)14-16-34(18-30)15-13-25(21-5-9-23(31)10-6-21)22-7-11-24(32)12-8-22;8-7(9)6-4-2-1-3-5-6/h5-12,25,33H,13-18H2,1-4H3;1-5H/t30-;/m1./s1. The SMILES string of the molecule is COC(=O)C1=C(C)NC(C)=C(C(=O)O[C@]2(C)CCN(CCC(c3ccc(F)cc3)c3ccc(F)cc3)C2)C1.O=[N+]([O-])c1ccccc1. The molecule has 3 aromatic carbocycles. The summed E-state index contributed by atoms with van der Waals surface area (Å²) in [5.74, 6) is -1.54. The zero-order valence-corrected chi connectivity index (χ0v) is 26.9. The average molecular weight is 648 g/mol. The van der Waals surface area contributed by atoms with Crippen molar-refractivity contribution in [2.75, 3.05) is 26.7 Å². The van der Waals surface area contributed by atoms with Gasteiger partial charge < -0.3 is 14.8 Å². The number of nitro benzene ring substituents is 1. The Hall–Kier alpha value is -4.90. The Kier molecular flexibility index (Phi) is 11.6. The summed E-state index contributed by atoms with van der Waals surface area (Å²) in [5, 5.41) is 13.1. The van der Waals surface area contributed by atoms with Crippen LogP contribution < -0.4 is 5.32 Å². The van der Waals surface area contributed by atoms with Crippen LogP contribution in [-0.4, -0.2) is 54.1 Å². The van der Waals surface area contributed by atoms with Crippen LogP contribution in [0.25, 0.3) is 0 Å². The Morgan fingerprint density at radius 2 is 1.45 bits per heavy atom. The molecule has 2 aliphatic rings. The lowest BCUT2D eigenvalue weighted by Gasteiger charge is -2.28. The normalized spacial score (nSPS) is 17.9. The number of halogens is 2. The molecule has 248 valence electrons. The van der Waals surface area contributed by atoms with E-state index < -0.39 is 22.5 Å². The average Bonchev–Trinajstić information content (AvgIpc) is 3.42. The Labute approximate surface area is 273 Å². The van der Waals surface area contributed by atoms with Crippen molar-refractivity contribution in [3.05, 3.63) is 134 Å². The van der Waals surface area contributed by atoms with Crippen LogP contribution in [0.2, 0.25) is 0 Å². The number of carbonyl (C=O) groups excluding carboxylic acids is 2.